The number of anilines is 1. The second kappa shape index (κ2) is 7.18. The van der Waals surface area contributed by atoms with Crippen molar-refractivity contribution in [2.45, 2.75) is 11.8 Å². The van der Waals surface area contributed by atoms with Crippen molar-refractivity contribution in [2.24, 2.45) is 0 Å². The van der Waals surface area contributed by atoms with E-state index in [1.807, 2.05) is 0 Å². The van der Waals surface area contributed by atoms with Crippen LogP contribution in [0.5, 0.6) is 5.75 Å². The molecule has 0 aliphatic rings. The molecule has 0 saturated heterocycles. The third kappa shape index (κ3) is 3.97. The number of hydrogen-bond donors (Lipinski definition) is 2. The molecule has 0 saturated carbocycles. The van der Waals surface area contributed by atoms with Crippen molar-refractivity contribution in [3.8, 4) is 5.75 Å². The predicted molar refractivity (Wildman–Crippen MR) is 99.5 cm³/mol. The molecular weight excluding hydrogens is 370 g/mol. The molecule has 0 unspecified atom stereocenters. The van der Waals surface area contributed by atoms with Crippen LogP contribution in [0.3, 0.4) is 0 Å². The average Bonchev–Trinajstić information content (AvgIpc) is 2.61. The maximum atomic E-state index is 12.7. The van der Waals surface area contributed by atoms with Crippen LogP contribution in [0.1, 0.15) is 17.3 Å². The van der Waals surface area contributed by atoms with Crippen molar-refractivity contribution in [3.05, 3.63) is 66.2 Å². The number of benzene rings is 3. The first-order valence-corrected chi connectivity index (χ1v) is 9.29. The van der Waals surface area contributed by atoms with E-state index in [1.165, 1.54) is 37.3 Å². The van der Waals surface area contributed by atoms with Gasteiger partial charge in [0.1, 0.15) is 10.6 Å². The molecule has 0 spiro atoms. The van der Waals surface area contributed by atoms with Gasteiger partial charge in [0.2, 0.25) is 0 Å². The van der Waals surface area contributed by atoms with Crippen LogP contribution in [0.2, 0.25) is 0 Å². The summed E-state index contributed by atoms with van der Waals surface area (Å²) in [4.78, 5) is 23.6. The number of nitrogens with one attached hydrogen (secondary N) is 1. The Labute approximate surface area is 155 Å². The Morgan fingerprint density at radius 1 is 0.926 bits per heavy atom. The molecule has 3 rings (SSSR count). The van der Waals surface area contributed by atoms with Gasteiger partial charge >= 0.3 is 5.97 Å². The topological polar surface area (TPSA) is 110 Å². The molecule has 3 aromatic carbocycles. The number of esters is 1. The first kappa shape index (κ1) is 18.6. The highest BCUT2D eigenvalue weighted by molar-refractivity contribution is 7.86. The van der Waals surface area contributed by atoms with E-state index >= 15 is 0 Å². The van der Waals surface area contributed by atoms with Gasteiger partial charge in [0.25, 0.3) is 16.0 Å². The van der Waals surface area contributed by atoms with Crippen molar-refractivity contribution in [3.63, 3.8) is 0 Å². The minimum atomic E-state index is -4.42. The molecule has 1 amide bonds. The zero-order chi connectivity index (χ0) is 19.6. The van der Waals surface area contributed by atoms with Crippen molar-refractivity contribution >= 4 is 38.5 Å². The van der Waals surface area contributed by atoms with E-state index in [2.05, 4.69) is 5.32 Å². The Hall–Kier alpha value is -3.23. The molecule has 0 aromatic heterocycles. The molecule has 8 heteroatoms. The van der Waals surface area contributed by atoms with E-state index in [-0.39, 0.29) is 21.6 Å². The lowest BCUT2D eigenvalue weighted by Crippen LogP contribution is -2.15. The van der Waals surface area contributed by atoms with Gasteiger partial charge in [-0.15, -0.1) is 0 Å². The molecule has 0 bridgehead atoms. The van der Waals surface area contributed by atoms with Gasteiger partial charge in [0.05, 0.1) is 5.56 Å². The number of para-hydroxylation sites is 1. The third-order valence-electron chi connectivity index (χ3n) is 3.80. The molecule has 0 radical (unpaired) electrons. The van der Waals surface area contributed by atoms with Crippen molar-refractivity contribution < 1.29 is 27.3 Å². The lowest BCUT2D eigenvalue weighted by Gasteiger charge is -2.13. The molecule has 7 nitrogen and oxygen atoms in total. The molecule has 0 aliphatic carbocycles. The molecular formula is C19H15NO6S. The maximum Gasteiger partial charge on any atom is 0.308 e. The van der Waals surface area contributed by atoms with Crippen LogP contribution < -0.4 is 10.1 Å². The minimum absolute atomic E-state index is 0.112. The summed E-state index contributed by atoms with van der Waals surface area (Å²) in [6.45, 7) is 1.23. The SMILES string of the molecule is CC(=O)Oc1ccccc1C(=O)Nc1ccc(S(=O)(=O)O)c2ccccc12. The van der Waals surface area contributed by atoms with E-state index in [1.54, 1.807) is 30.3 Å². The Morgan fingerprint density at radius 3 is 2.22 bits per heavy atom. The molecule has 0 heterocycles. The third-order valence-corrected chi connectivity index (χ3v) is 4.71. The summed E-state index contributed by atoms with van der Waals surface area (Å²) in [6.07, 6.45) is 0. The number of fused-ring (bicyclic) bond motifs is 1. The summed E-state index contributed by atoms with van der Waals surface area (Å²) in [5.41, 5.74) is 0.497. The Kier molecular flexibility index (Phi) is 4.93. The van der Waals surface area contributed by atoms with Gasteiger partial charge in [-0.1, -0.05) is 36.4 Å². The van der Waals surface area contributed by atoms with E-state index in [9.17, 15) is 22.6 Å². The molecule has 2 N–H and O–H groups in total. The Balaban J connectivity index is 2.04. The van der Waals surface area contributed by atoms with E-state index in [0.29, 0.717) is 11.1 Å². The van der Waals surface area contributed by atoms with Gasteiger partial charge < -0.3 is 10.1 Å². The van der Waals surface area contributed by atoms with Crippen LogP contribution in [0, 0.1) is 0 Å². The van der Waals surface area contributed by atoms with Gasteiger partial charge in [-0.3, -0.25) is 14.1 Å². The Morgan fingerprint density at radius 2 is 1.56 bits per heavy atom. The maximum absolute atomic E-state index is 12.7. The predicted octanol–water partition coefficient (Wildman–Crippen LogP) is 3.26. The molecule has 0 aliphatic heterocycles. The monoisotopic (exact) mass is 385 g/mol. The second-order valence-electron chi connectivity index (χ2n) is 5.68. The number of amides is 1. The molecule has 0 atom stereocenters. The van der Waals surface area contributed by atoms with Crippen LogP contribution >= 0.6 is 0 Å². The summed E-state index contributed by atoms with van der Waals surface area (Å²) in [5, 5.41) is 3.39. The van der Waals surface area contributed by atoms with E-state index in [4.69, 9.17) is 4.74 Å². The fraction of sp³-hybridized carbons (Fsp3) is 0.0526. The normalized spacial score (nSPS) is 11.2. The van der Waals surface area contributed by atoms with Gasteiger partial charge in [-0.05, 0) is 24.3 Å². The van der Waals surface area contributed by atoms with Crippen LogP contribution in [-0.4, -0.2) is 24.8 Å². The second-order valence-corrected chi connectivity index (χ2v) is 7.07. The molecule has 3 aromatic rings. The van der Waals surface area contributed by atoms with Crippen molar-refractivity contribution in [1.29, 1.82) is 0 Å². The molecule has 138 valence electrons. The summed E-state index contributed by atoms with van der Waals surface area (Å²) in [6, 6.07) is 15.3. The highest BCUT2D eigenvalue weighted by atomic mass is 32.2. The van der Waals surface area contributed by atoms with Crippen LogP contribution in [0.25, 0.3) is 10.8 Å². The van der Waals surface area contributed by atoms with E-state index < -0.39 is 22.0 Å². The van der Waals surface area contributed by atoms with Crippen LogP contribution in [-0.2, 0) is 14.9 Å². The highest BCUT2D eigenvalue weighted by Gasteiger charge is 2.18. The van der Waals surface area contributed by atoms with Crippen molar-refractivity contribution in [2.75, 3.05) is 5.32 Å². The first-order valence-electron chi connectivity index (χ1n) is 7.85. The summed E-state index contributed by atoms with van der Waals surface area (Å²) in [7, 11) is -4.42. The number of carbonyl (C=O) groups excluding carboxylic acids is 2. The van der Waals surface area contributed by atoms with E-state index in [0.717, 1.165) is 0 Å². The summed E-state index contributed by atoms with van der Waals surface area (Å²) < 4.78 is 37.6. The van der Waals surface area contributed by atoms with Gasteiger partial charge in [0, 0.05) is 23.4 Å². The fourth-order valence-corrected chi connectivity index (χ4v) is 3.39. The average molecular weight is 385 g/mol. The van der Waals surface area contributed by atoms with Gasteiger partial charge in [0.15, 0.2) is 0 Å². The quantitative estimate of drug-likeness (QED) is 0.405. The first-order chi connectivity index (χ1) is 12.8. The summed E-state index contributed by atoms with van der Waals surface area (Å²) >= 11 is 0. The lowest BCUT2D eigenvalue weighted by atomic mass is 10.1. The number of rotatable bonds is 4. The number of carbonyl (C=O) groups is 2. The zero-order valence-corrected chi connectivity index (χ0v) is 15.0. The molecule has 0 fully saturated rings. The minimum Gasteiger partial charge on any atom is -0.426 e. The van der Waals surface area contributed by atoms with Crippen LogP contribution in [0.4, 0.5) is 5.69 Å². The molecule has 27 heavy (non-hydrogen) atoms. The van der Waals surface area contributed by atoms with Gasteiger partial charge in [-0.25, -0.2) is 0 Å². The zero-order valence-electron chi connectivity index (χ0n) is 14.2. The van der Waals surface area contributed by atoms with Gasteiger partial charge in [-0.2, -0.15) is 8.42 Å². The van der Waals surface area contributed by atoms with Crippen LogP contribution in [0.15, 0.2) is 65.6 Å². The number of ether oxygens (including phenoxy) is 1. The standard InChI is InChI=1S/C19H15NO6S/c1-12(21)26-17-9-5-4-8-15(17)19(22)20-16-10-11-18(27(23,24)25)14-7-3-2-6-13(14)16/h2-11H,1H3,(H,20,22)(H,23,24,25). The summed E-state index contributed by atoms with van der Waals surface area (Å²) in [5.74, 6) is -0.976. The van der Waals surface area contributed by atoms with Crippen molar-refractivity contribution in [1.82, 2.24) is 0 Å². The largest absolute Gasteiger partial charge is 0.426 e. The highest BCUT2D eigenvalue weighted by Crippen LogP contribution is 2.30. The fourth-order valence-electron chi connectivity index (χ4n) is 2.69. The Bertz CT molecular complexity index is 1150. The smallest absolute Gasteiger partial charge is 0.308 e. The lowest BCUT2D eigenvalue weighted by molar-refractivity contribution is -0.131. The number of hydrogen-bond acceptors (Lipinski definition) is 5.